The molecule has 0 spiro atoms. The summed E-state index contributed by atoms with van der Waals surface area (Å²) in [5.41, 5.74) is -5.19. The molecule has 1 amide bonds. The minimum atomic E-state index is -5.49. The number of halogens is 4. The minimum absolute atomic E-state index is 0.0483. The second kappa shape index (κ2) is 7.53. The summed E-state index contributed by atoms with van der Waals surface area (Å²) in [6.45, 7) is 7.03. The van der Waals surface area contributed by atoms with Crippen LogP contribution in [0.2, 0.25) is 5.02 Å². The maximum absolute atomic E-state index is 12.7. The van der Waals surface area contributed by atoms with Gasteiger partial charge in [0, 0.05) is 16.3 Å². The van der Waals surface area contributed by atoms with Gasteiger partial charge in [0.25, 0.3) is 15.7 Å². The molecule has 0 bridgehead atoms. The number of alkyl halides is 3. The van der Waals surface area contributed by atoms with Crippen LogP contribution in [-0.4, -0.2) is 24.9 Å². The van der Waals surface area contributed by atoms with Gasteiger partial charge < -0.3 is 10.4 Å². The Morgan fingerprint density at radius 1 is 1.10 bits per heavy atom. The molecule has 0 radical (unpaired) electrons. The number of nitrogens with one attached hydrogen (secondary N) is 1. The van der Waals surface area contributed by atoms with E-state index in [0.717, 1.165) is 24.3 Å². The number of carbonyl (C=O) groups excluding carboxylic acids is 1. The Morgan fingerprint density at radius 3 is 2.07 bits per heavy atom. The average Bonchev–Trinajstić information content (AvgIpc) is 2.56. The normalized spacial score (nSPS) is 12.7. The lowest BCUT2D eigenvalue weighted by Gasteiger charge is -2.23. The summed E-state index contributed by atoms with van der Waals surface area (Å²) in [6, 6.07) is 5.10. The van der Waals surface area contributed by atoms with Crippen LogP contribution in [0.15, 0.2) is 35.2 Å². The third kappa shape index (κ3) is 4.51. The van der Waals surface area contributed by atoms with Crippen LogP contribution in [0.1, 0.15) is 42.3 Å². The van der Waals surface area contributed by atoms with E-state index in [0.29, 0.717) is 11.1 Å². The molecule has 2 rings (SSSR count). The SMILES string of the molecule is Cc1c(Cl)cc(C(C)(C)C)c(O)c1C(=O)Nc1ccc(S(=O)(=O)C(F)(F)F)cc1. The zero-order valence-corrected chi connectivity index (χ0v) is 17.6. The predicted molar refractivity (Wildman–Crippen MR) is 104 cm³/mol. The summed E-state index contributed by atoms with van der Waals surface area (Å²) < 4.78 is 60.7. The van der Waals surface area contributed by atoms with E-state index >= 15 is 0 Å². The van der Waals surface area contributed by atoms with Gasteiger partial charge in [-0.05, 0) is 48.2 Å². The van der Waals surface area contributed by atoms with Gasteiger partial charge in [0.05, 0.1) is 10.5 Å². The van der Waals surface area contributed by atoms with Crippen molar-refractivity contribution in [3.8, 4) is 5.75 Å². The highest BCUT2D eigenvalue weighted by Crippen LogP contribution is 2.39. The van der Waals surface area contributed by atoms with E-state index in [9.17, 15) is 31.5 Å². The van der Waals surface area contributed by atoms with Crippen LogP contribution < -0.4 is 5.32 Å². The molecule has 0 unspecified atom stereocenters. The lowest BCUT2D eigenvalue weighted by molar-refractivity contribution is -0.0436. The zero-order chi connectivity index (χ0) is 22.4. The first kappa shape index (κ1) is 23.0. The fourth-order valence-corrected chi connectivity index (χ4v) is 3.59. The van der Waals surface area contributed by atoms with Crippen LogP contribution in [-0.2, 0) is 15.3 Å². The number of aromatic hydroxyl groups is 1. The van der Waals surface area contributed by atoms with Gasteiger partial charge in [0.2, 0.25) is 0 Å². The van der Waals surface area contributed by atoms with Crippen molar-refractivity contribution in [2.75, 3.05) is 5.32 Å². The number of carbonyl (C=O) groups is 1. The molecule has 0 aromatic heterocycles. The van der Waals surface area contributed by atoms with Crippen molar-refractivity contribution in [1.29, 1.82) is 0 Å². The highest BCUT2D eigenvalue weighted by molar-refractivity contribution is 7.92. The van der Waals surface area contributed by atoms with E-state index in [1.807, 2.05) is 20.8 Å². The van der Waals surface area contributed by atoms with E-state index in [4.69, 9.17) is 11.6 Å². The van der Waals surface area contributed by atoms with Crippen LogP contribution in [0.4, 0.5) is 18.9 Å². The summed E-state index contributed by atoms with van der Waals surface area (Å²) >= 11 is 6.19. The van der Waals surface area contributed by atoms with Crippen molar-refractivity contribution in [2.45, 2.75) is 43.5 Å². The quantitative estimate of drug-likeness (QED) is 0.674. The number of rotatable bonds is 3. The zero-order valence-electron chi connectivity index (χ0n) is 16.0. The molecule has 0 saturated heterocycles. The van der Waals surface area contributed by atoms with Gasteiger partial charge in [0.15, 0.2) is 0 Å². The molecule has 0 aliphatic rings. The fourth-order valence-electron chi connectivity index (χ4n) is 2.63. The van der Waals surface area contributed by atoms with Crippen LogP contribution in [0.25, 0.3) is 0 Å². The molecule has 5 nitrogen and oxygen atoms in total. The van der Waals surface area contributed by atoms with E-state index in [2.05, 4.69) is 5.32 Å². The molecule has 2 aromatic carbocycles. The summed E-state index contributed by atoms with van der Waals surface area (Å²) in [7, 11) is -5.49. The van der Waals surface area contributed by atoms with Crippen molar-refractivity contribution in [2.24, 2.45) is 0 Å². The third-order valence-electron chi connectivity index (χ3n) is 4.26. The van der Waals surface area contributed by atoms with Crippen LogP contribution in [0.3, 0.4) is 0 Å². The maximum Gasteiger partial charge on any atom is 0.501 e. The van der Waals surface area contributed by atoms with Crippen molar-refractivity contribution in [1.82, 2.24) is 0 Å². The number of sulfone groups is 1. The van der Waals surface area contributed by atoms with Crippen molar-refractivity contribution in [3.05, 3.63) is 52.0 Å². The largest absolute Gasteiger partial charge is 0.507 e. The standard InChI is InChI=1S/C19H19ClF3NO4S/c1-10-14(20)9-13(18(2,3)4)16(25)15(10)17(26)24-11-5-7-12(8-6-11)29(27,28)19(21,22)23/h5-9,25H,1-4H3,(H,24,26). The van der Waals surface area contributed by atoms with Gasteiger partial charge in [0.1, 0.15) is 5.75 Å². The Labute approximate surface area is 171 Å². The highest BCUT2D eigenvalue weighted by atomic mass is 35.5. The number of phenolic OH excluding ortho intramolecular Hbond substituents is 1. The second-order valence-corrected chi connectivity index (χ2v) is 9.78. The molecule has 10 heteroatoms. The first-order valence-electron chi connectivity index (χ1n) is 8.32. The molecule has 0 aliphatic carbocycles. The second-order valence-electron chi connectivity index (χ2n) is 7.43. The van der Waals surface area contributed by atoms with Gasteiger partial charge in [-0.3, -0.25) is 4.79 Å². The Kier molecular flexibility index (Phi) is 5.98. The van der Waals surface area contributed by atoms with Gasteiger partial charge in [-0.2, -0.15) is 13.2 Å². The van der Waals surface area contributed by atoms with E-state index in [1.54, 1.807) is 13.0 Å². The minimum Gasteiger partial charge on any atom is -0.507 e. The smallest absolute Gasteiger partial charge is 0.501 e. The Balaban J connectivity index is 2.41. The lowest BCUT2D eigenvalue weighted by Crippen LogP contribution is -2.23. The number of amides is 1. The third-order valence-corrected chi connectivity index (χ3v) is 6.15. The number of anilines is 1. The summed E-state index contributed by atoms with van der Waals surface area (Å²) in [5.74, 6) is -0.993. The average molecular weight is 450 g/mol. The summed E-state index contributed by atoms with van der Waals surface area (Å²) in [5, 5.41) is 13.3. The molecule has 2 N–H and O–H groups in total. The molecule has 29 heavy (non-hydrogen) atoms. The van der Waals surface area contributed by atoms with Crippen molar-refractivity contribution in [3.63, 3.8) is 0 Å². The van der Waals surface area contributed by atoms with Gasteiger partial charge >= 0.3 is 5.51 Å². The first-order valence-corrected chi connectivity index (χ1v) is 10.2. The van der Waals surface area contributed by atoms with E-state index < -0.39 is 31.6 Å². The lowest BCUT2D eigenvalue weighted by atomic mass is 9.84. The number of phenols is 1. The predicted octanol–water partition coefficient (Wildman–Crippen LogP) is 5.20. The number of hydrogen-bond acceptors (Lipinski definition) is 4. The molecule has 0 aliphatic heterocycles. The van der Waals surface area contributed by atoms with Gasteiger partial charge in [-0.25, -0.2) is 8.42 Å². The number of hydrogen-bond donors (Lipinski definition) is 2. The summed E-state index contributed by atoms with van der Waals surface area (Å²) in [6.07, 6.45) is 0. The van der Waals surface area contributed by atoms with Crippen molar-refractivity contribution < 1.29 is 31.5 Å². The molecule has 158 valence electrons. The molecular weight excluding hydrogens is 431 g/mol. The van der Waals surface area contributed by atoms with Crippen LogP contribution in [0.5, 0.6) is 5.75 Å². The van der Waals surface area contributed by atoms with Crippen molar-refractivity contribution >= 4 is 33.0 Å². The first-order chi connectivity index (χ1) is 13.1. The Morgan fingerprint density at radius 2 is 1.62 bits per heavy atom. The van der Waals surface area contributed by atoms with Crippen LogP contribution >= 0.6 is 11.6 Å². The molecular formula is C19H19ClF3NO4S. The molecule has 0 heterocycles. The maximum atomic E-state index is 12.7. The highest BCUT2D eigenvalue weighted by Gasteiger charge is 2.46. The van der Waals surface area contributed by atoms with E-state index in [-0.39, 0.29) is 22.0 Å². The fraction of sp³-hybridized carbons (Fsp3) is 0.316. The molecule has 0 atom stereocenters. The van der Waals surface area contributed by atoms with Gasteiger partial charge in [-0.1, -0.05) is 32.4 Å². The number of benzene rings is 2. The molecule has 0 fully saturated rings. The molecule has 2 aromatic rings. The monoisotopic (exact) mass is 449 g/mol. The molecule has 0 saturated carbocycles. The Bertz CT molecular complexity index is 1060. The van der Waals surface area contributed by atoms with E-state index in [1.165, 1.54) is 0 Å². The summed E-state index contributed by atoms with van der Waals surface area (Å²) in [4.78, 5) is 11.8. The van der Waals surface area contributed by atoms with Gasteiger partial charge in [-0.15, -0.1) is 0 Å². The topological polar surface area (TPSA) is 83.5 Å². The Hall–Kier alpha value is -2.26. The van der Waals surface area contributed by atoms with Crippen LogP contribution in [0, 0.1) is 6.92 Å².